The van der Waals surface area contributed by atoms with E-state index in [1.807, 2.05) is 73.7 Å². The normalized spacial score (nSPS) is 23.2. The molecule has 7 heteroatoms. The summed E-state index contributed by atoms with van der Waals surface area (Å²) in [5.74, 6) is -1.75. The second-order valence-electron chi connectivity index (χ2n) is 9.16. The zero-order valence-corrected chi connectivity index (χ0v) is 19.0. The summed E-state index contributed by atoms with van der Waals surface area (Å²) in [7, 11) is 0. The van der Waals surface area contributed by atoms with Crippen molar-refractivity contribution in [3.8, 4) is 5.75 Å². The van der Waals surface area contributed by atoms with Gasteiger partial charge in [0.2, 0.25) is 17.7 Å². The second kappa shape index (κ2) is 8.48. The fraction of sp³-hybridized carbons (Fsp3) is 0.296. The Balaban J connectivity index is 1.30. The monoisotopic (exact) mass is 457 g/mol. The van der Waals surface area contributed by atoms with E-state index in [9.17, 15) is 14.4 Å². The highest BCUT2D eigenvalue weighted by Crippen LogP contribution is 2.49. The van der Waals surface area contributed by atoms with E-state index in [4.69, 9.17) is 10.5 Å². The highest BCUT2D eigenvalue weighted by Gasteiger charge is 2.55. The molecule has 0 aromatic heterocycles. The number of hydrogen-bond donors (Lipinski definition) is 2. The number of primary amides is 1. The lowest BCUT2D eigenvalue weighted by molar-refractivity contribution is -0.175. The molecule has 3 aromatic carbocycles. The maximum Gasteiger partial charge on any atom is 0.238 e. The summed E-state index contributed by atoms with van der Waals surface area (Å²) in [5, 5.41) is 5.04. The molecule has 0 aliphatic carbocycles. The first-order valence-electron chi connectivity index (χ1n) is 11.5. The maximum atomic E-state index is 13.3. The van der Waals surface area contributed by atoms with Gasteiger partial charge < -0.3 is 20.7 Å². The Kier molecular flexibility index (Phi) is 5.48. The standard InChI is InChI=1S/C27H27N3O4/c1-27-16-21(20-11-4-5-12-22(20)34-27)24(25(28)32)26(33)30(27)14-13-29-23(31)15-18-9-6-8-17-7-2-3-10-19(17)18/h2-12,21,24H,13-16H2,1H3,(H2,28,32)(H,29,31). The van der Waals surface area contributed by atoms with Gasteiger partial charge in [0.25, 0.3) is 0 Å². The van der Waals surface area contributed by atoms with Crippen LogP contribution < -0.4 is 15.8 Å². The van der Waals surface area contributed by atoms with Crippen molar-refractivity contribution in [1.82, 2.24) is 10.2 Å². The van der Waals surface area contributed by atoms with Gasteiger partial charge in [-0.3, -0.25) is 14.4 Å². The molecular weight excluding hydrogens is 430 g/mol. The molecule has 2 aliphatic heterocycles. The molecule has 3 N–H and O–H groups in total. The maximum absolute atomic E-state index is 13.3. The summed E-state index contributed by atoms with van der Waals surface area (Å²) >= 11 is 0. The molecule has 2 aliphatic rings. The van der Waals surface area contributed by atoms with Gasteiger partial charge in [-0.2, -0.15) is 0 Å². The summed E-state index contributed by atoms with van der Waals surface area (Å²) < 4.78 is 6.24. The first-order chi connectivity index (χ1) is 16.4. The van der Waals surface area contributed by atoms with Crippen molar-refractivity contribution in [2.45, 2.75) is 31.4 Å². The van der Waals surface area contributed by atoms with E-state index in [0.717, 1.165) is 21.9 Å². The lowest BCUT2D eigenvalue weighted by Gasteiger charge is -2.52. The number of rotatable bonds is 6. The smallest absolute Gasteiger partial charge is 0.238 e. The van der Waals surface area contributed by atoms with Crippen molar-refractivity contribution in [2.24, 2.45) is 11.7 Å². The molecule has 3 aromatic rings. The molecule has 0 saturated carbocycles. The predicted octanol–water partition coefficient (Wildman–Crippen LogP) is 2.72. The van der Waals surface area contributed by atoms with Gasteiger partial charge in [-0.1, -0.05) is 60.7 Å². The minimum Gasteiger partial charge on any atom is -0.468 e. The topological polar surface area (TPSA) is 102 Å². The van der Waals surface area contributed by atoms with E-state index in [2.05, 4.69) is 5.32 Å². The molecule has 5 rings (SSSR count). The summed E-state index contributed by atoms with van der Waals surface area (Å²) in [6.45, 7) is 2.31. The van der Waals surface area contributed by atoms with Gasteiger partial charge in [-0.25, -0.2) is 0 Å². The average Bonchev–Trinajstić information content (AvgIpc) is 2.81. The number of ether oxygens (including phenoxy) is 1. The van der Waals surface area contributed by atoms with Gasteiger partial charge in [0.15, 0.2) is 5.72 Å². The molecule has 3 unspecified atom stereocenters. The number of amides is 3. The SMILES string of the molecule is CC12CC(c3ccccc3O1)C(C(N)=O)C(=O)N2CCNC(=O)Cc1cccc2ccccc12. The van der Waals surface area contributed by atoms with Crippen molar-refractivity contribution in [1.29, 1.82) is 0 Å². The lowest BCUT2D eigenvalue weighted by atomic mass is 9.73. The number of carbonyl (C=O) groups excluding carboxylic acids is 3. The van der Waals surface area contributed by atoms with Crippen LogP contribution in [0.4, 0.5) is 0 Å². The van der Waals surface area contributed by atoms with E-state index < -0.39 is 17.6 Å². The number of para-hydroxylation sites is 1. The summed E-state index contributed by atoms with van der Waals surface area (Å²) in [6, 6.07) is 21.3. The molecular formula is C27H27N3O4. The third-order valence-electron chi connectivity index (χ3n) is 6.95. The van der Waals surface area contributed by atoms with Crippen LogP contribution in [0.25, 0.3) is 10.8 Å². The van der Waals surface area contributed by atoms with E-state index in [1.165, 1.54) is 0 Å². The average molecular weight is 458 g/mol. The Hall–Kier alpha value is -3.87. The minimum absolute atomic E-state index is 0.134. The number of hydrogen-bond acceptors (Lipinski definition) is 4. The Labute approximate surface area is 197 Å². The Morgan fingerprint density at radius 3 is 2.65 bits per heavy atom. The molecule has 3 amide bonds. The van der Waals surface area contributed by atoms with Gasteiger partial charge >= 0.3 is 0 Å². The van der Waals surface area contributed by atoms with Gasteiger partial charge in [-0.05, 0) is 34.9 Å². The third-order valence-corrected chi connectivity index (χ3v) is 6.95. The number of carbonyl (C=O) groups is 3. The second-order valence-corrected chi connectivity index (χ2v) is 9.16. The fourth-order valence-corrected chi connectivity index (χ4v) is 5.37. The Morgan fingerprint density at radius 1 is 1.09 bits per heavy atom. The number of nitrogens with one attached hydrogen (secondary N) is 1. The van der Waals surface area contributed by atoms with Gasteiger partial charge in [0, 0.05) is 25.4 Å². The van der Waals surface area contributed by atoms with Crippen molar-refractivity contribution in [3.05, 3.63) is 77.9 Å². The summed E-state index contributed by atoms with van der Waals surface area (Å²) in [6.07, 6.45) is 0.704. The van der Waals surface area contributed by atoms with Crippen LogP contribution in [0.3, 0.4) is 0 Å². The van der Waals surface area contributed by atoms with Gasteiger partial charge in [-0.15, -0.1) is 0 Å². The minimum atomic E-state index is -0.954. The van der Waals surface area contributed by atoms with Crippen molar-refractivity contribution >= 4 is 28.5 Å². The molecule has 3 atom stereocenters. The van der Waals surface area contributed by atoms with Crippen LogP contribution in [0.2, 0.25) is 0 Å². The van der Waals surface area contributed by atoms with Crippen molar-refractivity contribution < 1.29 is 19.1 Å². The zero-order valence-electron chi connectivity index (χ0n) is 19.0. The van der Waals surface area contributed by atoms with Crippen molar-refractivity contribution in [3.63, 3.8) is 0 Å². The van der Waals surface area contributed by atoms with E-state index in [0.29, 0.717) is 12.2 Å². The Morgan fingerprint density at radius 2 is 1.82 bits per heavy atom. The first kappa shape index (κ1) is 21.9. The highest BCUT2D eigenvalue weighted by atomic mass is 16.5. The lowest BCUT2D eigenvalue weighted by Crippen LogP contribution is -2.65. The van der Waals surface area contributed by atoms with Crippen LogP contribution in [0.5, 0.6) is 5.75 Å². The zero-order chi connectivity index (χ0) is 23.9. The molecule has 34 heavy (non-hydrogen) atoms. The molecule has 2 bridgehead atoms. The number of likely N-dealkylation sites (tertiary alicyclic amines) is 1. The number of benzene rings is 3. The summed E-state index contributed by atoms with van der Waals surface area (Å²) in [4.78, 5) is 39.9. The number of piperidine rings is 1. The van der Waals surface area contributed by atoms with E-state index in [-0.39, 0.29) is 37.2 Å². The molecule has 7 nitrogen and oxygen atoms in total. The summed E-state index contributed by atoms with van der Waals surface area (Å²) in [5.41, 5.74) is 6.53. The van der Waals surface area contributed by atoms with Crippen LogP contribution in [-0.2, 0) is 20.8 Å². The van der Waals surface area contributed by atoms with Crippen molar-refractivity contribution in [2.75, 3.05) is 13.1 Å². The van der Waals surface area contributed by atoms with Gasteiger partial charge in [0.1, 0.15) is 11.7 Å². The number of nitrogens with two attached hydrogens (primary N) is 1. The number of fused-ring (bicyclic) bond motifs is 5. The first-order valence-corrected chi connectivity index (χ1v) is 11.5. The molecule has 1 saturated heterocycles. The molecule has 0 radical (unpaired) electrons. The number of nitrogens with zero attached hydrogens (tertiary/aromatic N) is 1. The third kappa shape index (κ3) is 3.77. The molecule has 2 heterocycles. The van der Waals surface area contributed by atoms with Crippen LogP contribution in [-0.4, -0.2) is 41.4 Å². The molecule has 1 fully saturated rings. The largest absolute Gasteiger partial charge is 0.468 e. The van der Waals surface area contributed by atoms with Gasteiger partial charge in [0.05, 0.1) is 6.42 Å². The van der Waals surface area contributed by atoms with E-state index >= 15 is 0 Å². The van der Waals surface area contributed by atoms with Crippen LogP contribution in [0.15, 0.2) is 66.7 Å². The predicted molar refractivity (Wildman–Crippen MR) is 128 cm³/mol. The van der Waals surface area contributed by atoms with Crippen LogP contribution in [0.1, 0.15) is 30.4 Å². The Bertz CT molecular complexity index is 1280. The quantitative estimate of drug-likeness (QED) is 0.556. The fourth-order valence-electron chi connectivity index (χ4n) is 5.37. The van der Waals surface area contributed by atoms with Crippen LogP contribution >= 0.6 is 0 Å². The molecule has 174 valence electrons. The molecule has 0 spiro atoms. The van der Waals surface area contributed by atoms with Crippen LogP contribution in [0, 0.1) is 5.92 Å². The van der Waals surface area contributed by atoms with E-state index in [1.54, 1.807) is 4.90 Å². The highest BCUT2D eigenvalue weighted by molar-refractivity contribution is 6.02.